The molecule has 1 aromatic carbocycles. The van der Waals surface area contributed by atoms with Crippen LogP contribution in [0, 0.1) is 5.92 Å². The van der Waals surface area contributed by atoms with Crippen molar-refractivity contribution in [1.82, 2.24) is 25.0 Å². The molecule has 0 radical (unpaired) electrons. The Morgan fingerprint density at radius 2 is 1.80 bits per heavy atom. The molecule has 2 aromatic heterocycles. The molecule has 1 N–H and O–H groups in total. The molecule has 1 aliphatic rings. The first-order valence-electron chi connectivity index (χ1n) is 9.57. The number of anilines is 2. The second-order valence-corrected chi connectivity index (χ2v) is 6.88. The topological polar surface area (TPSA) is 115 Å². The highest BCUT2D eigenvalue weighted by atomic mass is 16.5. The van der Waals surface area contributed by atoms with Crippen LogP contribution in [0.15, 0.2) is 49.1 Å². The predicted molar refractivity (Wildman–Crippen MR) is 108 cm³/mol. The molecule has 10 heteroatoms. The number of hydrogen-bond donors (Lipinski definition) is 1. The number of carbonyl (C=O) groups excluding carboxylic acids is 2. The van der Waals surface area contributed by atoms with Gasteiger partial charge in [-0.3, -0.25) is 4.79 Å². The SMILES string of the molecule is COC(=O)c1ccccc1NC(=O)C1CCN(c2ccc(-n3cncn3)nn2)CC1. The van der Waals surface area contributed by atoms with Crippen molar-refractivity contribution in [2.24, 2.45) is 5.92 Å². The highest BCUT2D eigenvalue weighted by Gasteiger charge is 2.26. The number of esters is 1. The molecule has 1 aliphatic heterocycles. The Labute approximate surface area is 172 Å². The van der Waals surface area contributed by atoms with Gasteiger partial charge in [0.2, 0.25) is 5.91 Å². The van der Waals surface area contributed by atoms with Crippen LogP contribution in [-0.4, -0.2) is 57.0 Å². The lowest BCUT2D eigenvalue weighted by atomic mass is 9.95. The van der Waals surface area contributed by atoms with E-state index in [4.69, 9.17) is 4.74 Å². The van der Waals surface area contributed by atoms with Crippen molar-refractivity contribution in [2.75, 3.05) is 30.4 Å². The quantitative estimate of drug-likeness (QED) is 0.636. The van der Waals surface area contributed by atoms with Gasteiger partial charge in [-0.2, -0.15) is 5.10 Å². The molecule has 0 spiro atoms. The third kappa shape index (κ3) is 4.12. The molecule has 30 heavy (non-hydrogen) atoms. The summed E-state index contributed by atoms with van der Waals surface area (Å²) in [6.45, 7) is 1.38. The van der Waals surface area contributed by atoms with Crippen LogP contribution in [0.5, 0.6) is 0 Å². The fraction of sp³-hybridized carbons (Fsp3) is 0.300. The Kier molecular flexibility index (Phi) is 5.64. The van der Waals surface area contributed by atoms with Gasteiger partial charge >= 0.3 is 5.97 Å². The first-order chi connectivity index (χ1) is 14.7. The number of hydrogen-bond acceptors (Lipinski definition) is 8. The van der Waals surface area contributed by atoms with Gasteiger partial charge in [0.05, 0.1) is 18.4 Å². The molecule has 1 fully saturated rings. The van der Waals surface area contributed by atoms with Crippen molar-refractivity contribution in [3.8, 4) is 5.82 Å². The number of carbonyl (C=O) groups is 2. The van der Waals surface area contributed by atoms with Crippen LogP contribution in [0.25, 0.3) is 5.82 Å². The zero-order chi connectivity index (χ0) is 20.9. The van der Waals surface area contributed by atoms with Crippen molar-refractivity contribution >= 4 is 23.4 Å². The molecule has 0 saturated carbocycles. The van der Waals surface area contributed by atoms with Gasteiger partial charge in [-0.1, -0.05) is 12.1 Å². The van der Waals surface area contributed by atoms with Gasteiger partial charge < -0.3 is 15.0 Å². The summed E-state index contributed by atoms with van der Waals surface area (Å²) in [6, 6.07) is 10.6. The van der Waals surface area contributed by atoms with Crippen LogP contribution in [0.3, 0.4) is 0 Å². The smallest absolute Gasteiger partial charge is 0.339 e. The normalized spacial score (nSPS) is 14.4. The summed E-state index contributed by atoms with van der Waals surface area (Å²) in [5.74, 6) is 0.630. The first-order valence-corrected chi connectivity index (χ1v) is 9.57. The molecule has 10 nitrogen and oxygen atoms in total. The van der Waals surface area contributed by atoms with E-state index in [2.05, 4.69) is 30.5 Å². The van der Waals surface area contributed by atoms with Crippen LogP contribution in [-0.2, 0) is 9.53 Å². The van der Waals surface area contributed by atoms with Gasteiger partial charge in [0.15, 0.2) is 11.6 Å². The van der Waals surface area contributed by atoms with Gasteiger partial charge in [-0.05, 0) is 37.1 Å². The second kappa shape index (κ2) is 8.68. The second-order valence-electron chi connectivity index (χ2n) is 6.88. The number of nitrogens with one attached hydrogen (secondary N) is 1. The molecule has 0 atom stereocenters. The number of benzene rings is 1. The van der Waals surface area contributed by atoms with E-state index in [1.165, 1.54) is 13.4 Å². The van der Waals surface area contributed by atoms with Crippen LogP contribution >= 0.6 is 0 Å². The van der Waals surface area contributed by atoms with Gasteiger partial charge in [0.25, 0.3) is 0 Å². The number of nitrogens with zero attached hydrogens (tertiary/aromatic N) is 6. The third-order valence-corrected chi connectivity index (χ3v) is 5.07. The van der Waals surface area contributed by atoms with Crippen molar-refractivity contribution in [3.05, 3.63) is 54.6 Å². The molecule has 1 amide bonds. The first kappa shape index (κ1) is 19.5. The maximum atomic E-state index is 12.7. The molecule has 4 rings (SSSR count). The summed E-state index contributed by atoms with van der Waals surface area (Å²) < 4.78 is 6.32. The van der Waals surface area contributed by atoms with E-state index in [9.17, 15) is 9.59 Å². The predicted octanol–water partition coefficient (Wildman–Crippen LogP) is 1.70. The minimum Gasteiger partial charge on any atom is -0.465 e. The number of aromatic nitrogens is 5. The zero-order valence-electron chi connectivity index (χ0n) is 16.4. The Bertz CT molecular complexity index is 1010. The van der Waals surface area contributed by atoms with Crippen molar-refractivity contribution < 1.29 is 14.3 Å². The molecule has 0 unspecified atom stereocenters. The Hall–Kier alpha value is -3.82. The van der Waals surface area contributed by atoms with E-state index < -0.39 is 5.97 Å². The van der Waals surface area contributed by atoms with Crippen LogP contribution in [0.1, 0.15) is 23.2 Å². The highest BCUT2D eigenvalue weighted by Crippen LogP contribution is 2.24. The molecule has 154 valence electrons. The van der Waals surface area contributed by atoms with Crippen LogP contribution < -0.4 is 10.2 Å². The summed E-state index contributed by atoms with van der Waals surface area (Å²) in [5, 5.41) is 15.4. The van der Waals surface area contributed by atoms with E-state index in [0.29, 0.717) is 43.0 Å². The van der Waals surface area contributed by atoms with Crippen molar-refractivity contribution in [2.45, 2.75) is 12.8 Å². The van der Waals surface area contributed by atoms with E-state index in [1.807, 2.05) is 12.1 Å². The lowest BCUT2D eigenvalue weighted by Gasteiger charge is -2.31. The largest absolute Gasteiger partial charge is 0.465 e. The average Bonchev–Trinajstić information content (AvgIpc) is 3.34. The molecule has 0 aliphatic carbocycles. The summed E-state index contributed by atoms with van der Waals surface area (Å²) in [6.07, 6.45) is 4.36. The number of para-hydroxylation sites is 1. The summed E-state index contributed by atoms with van der Waals surface area (Å²) >= 11 is 0. The maximum Gasteiger partial charge on any atom is 0.339 e. The van der Waals surface area contributed by atoms with Gasteiger partial charge in [0, 0.05) is 19.0 Å². The maximum absolute atomic E-state index is 12.7. The lowest BCUT2D eigenvalue weighted by Crippen LogP contribution is -2.38. The van der Waals surface area contributed by atoms with Gasteiger partial charge in [-0.15, -0.1) is 10.2 Å². The molecular weight excluding hydrogens is 386 g/mol. The van der Waals surface area contributed by atoms with Crippen molar-refractivity contribution in [3.63, 3.8) is 0 Å². The molecule has 1 saturated heterocycles. The number of piperidine rings is 1. The Balaban J connectivity index is 1.36. The minimum absolute atomic E-state index is 0.0985. The third-order valence-electron chi connectivity index (χ3n) is 5.07. The van der Waals surface area contributed by atoms with E-state index >= 15 is 0 Å². The van der Waals surface area contributed by atoms with Gasteiger partial charge in [-0.25, -0.2) is 14.5 Å². The Morgan fingerprint density at radius 1 is 1.07 bits per heavy atom. The van der Waals surface area contributed by atoms with Crippen LogP contribution in [0.4, 0.5) is 11.5 Å². The zero-order valence-corrected chi connectivity index (χ0v) is 16.4. The summed E-state index contributed by atoms with van der Waals surface area (Å²) in [5.41, 5.74) is 0.805. The molecule has 3 aromatic rings. The number of ether oxygens (including phenoxy) is 1. The molecule has 3 heterocycles. The monoisotopic (exact) mass is 407 g/mol. The summed E-state index contributed by atoms with van der Waals surface area (Å²) in [4.78, 5) is 30.6. The molecule has 0 bridgehead atoms. The standard InChI is InChI=1S/C20H21N7O3/c1-30-20(29)15-4-2-3-5-16(15)23-19(28)14-8-10-26(11-9-14)17-6-7-18(25-24-17)27-13-21-12-22-27/h2-7,12-14H,8-11H2,1H3,(H,23,28). The Morgan fingerprint density at radius 3 is 2.47 bits per heavy atom. The molecular formula is C20H21N7O3. The number of amides is 1. The fourth-order valence-corrected chi connectivity index (χ4v) is 3.42. The highest BCUT2D eigenvalue weighted by molar-refractivity contribution is 6.01. The van der Waals surface area contributed by atoms with E-state index in [1.54, 1.807) is 35.3 Å². The fourth-order valence-electron chi connectivity index (χ4n) is 3.42. The number of methoxy groups -OCH3 is 1. The van der Waals surface area contributed by atoms with Crippen LogP contribution in [0.2, 0.25) is 0 Å². The van der Waals surface area contributed by atoms with Gasteiger partial charge in [0.1, 0.15) is 12.7 Å². The van der Waals surface area contributed by atoms with Crippen molar-refractivity contribution in [1.29, 1.82) is 0 Å². The minimum atomic E-state index is -0.478. The average molecular weight is 407 g/mol. The number of rotatable bonds is 5. The van der Waals surface area contributed by atoms with E-state index in [-0.39, 0.29) is 11.8 Å². The lowest BCUT2D eigenvalue weighted by molar-refractivity contribution is -0.120. The van der Waals surface area contributed by atoms with E-state index in [0.717, 1.165) is 5.82 Å². The summed E-state index contributed by atoms with van der Waals surface area (Å²) in [7, 11) is 1.32.